The quantitative estimate of drug-likeness (QED) is 0.0167. The number of aryl methyl sites for hydroxylation is 8. The molecule has 6 aromatic heterocycles. The van der Waals surface area contributed by atoms with Gasteiger partial charge in [0.05, 0.1) is 67.6 Å². The molecule has 0 amide bonds. The normalized spacial score (nSPS) is 13.7. The average Bonchev–Trinajstić information content (AvgIpc) is 1.59. The third kappa shape index (κ3) is 25.4. The van der Waals surface area contributed by atoms with Crippen molar-refractivity contribution in [1.29, 1.82) is 0 Å². The molecule has 28 bridgehead atoms. The summed E-state index contributed by atoms with van der Waals surface area (Å²) in [6.45, 7) is 37.3. The van der Waals surface area contributed by atoms with E-state index in [1.54, 1.807) is 0 Å². The maximum Gasteiger partial charge on any atom is 0.306 e. The fourth-order valence-corrected chi connectivity index (χ4v) is 22.9. The van der Waals surface area contributed by atoms with Crippen LogP contribution in [0.15, 0.2) is 121 Å². The molecule has 4 aromatic carbocycles. The maximum atomic E-state index is 14.2. The first-order chi connectivity index (χ1) is 70.3. The Hall–Kier alpha value is -11.9. The maximum absolute atomic E-state index is 14.2. The lowest BCUT2D eigenvalue weighted by Crippen LogP contribution is -2.07. The number of carbonyl (C=O) groups excluding carboxylic acids is 2. The molecule has 756 valence electrons. The Bertz CT molecular complexity index is 6510. The monoisotopic (exact) mass is 1930 g/mol. The largest absolute Gasteiger partial charge is 0.461 e. The highest BCUT2D eigenvalue weighted by Gasteiger charge is 2.32. The third-order valence-electron chi connectivity index (χ3n) is 31.4. The smallest absolute Gasteiger partial charge is 0.306 e. The van der Waals surface area contributed by atoms with Crippen LogP contribution in [0, 0.1) is 51.4 Å². The van der Waals surface area contributed by atoms with Crippen LogP contribution in [0.3, 0.4) is 0 Å². The summed E-state index contributed by atoms with van der Waals surface area (Å²) >= 11 is 0. The van der Waals surface area contributed by atoms with Gasteiger partial charge in [0.25, 0.3) is 0 Å². The summed E-state index contributed by atoms with van der Waals surface area (Å²) in [6.07, 6.45) is 44.5. The van der Waals surface area contributed by atoms with Crippen molar-refractivity contribution < 1.29 is 19.1 Å². The molecule has 0 aliphatic carbocycles. The summed E-state index contributed by atoms with van der Waals surface area (Å²) in [7, 11) is 0. The summed E-state index contributed by atoms with van der Waals surface area (Å²) in [4.78, 5) is 69.8. The van der Waals surface area contributed by atoms with Gasteiger partial charge in [-0.15, -0.1) is 0 Å². The van der Waals surface area contributed by atoms with Crippen molar-refractivity contribution in [2.45, 2.75) is 407 Å². The van der Waals surface area contributed by atoms with E-state index in [2.05, 4.69) is 276 Å². The summed E-state index contributed by atoms with van der Waals surface area (Å²) < 4.78 is 12.6. The zero-order valence-corrected chi connectivity index (χ0v) is 90.5. The second kappa shape index (κ2) is 52.3. The molecular formula is C132H164N8O4. The number of unbranched alkanes of at least 4 members (excludes halogenated alkanes) is 24. The van der Waals surface area contributed by atoms with Gasteiger partial charge < -0.3 is 29.4 Å². The first-order valence-electron chi connectivity index (χ1n) is 56.4. The van der Waals surface area contributed by atoms with E-state index in [-0.39, 0.29) is 38.0 Å². The van der Waals surface area contributed by atoms with Crippen LogP contribution < -0.4 is 0 Å². The van der Waals surface area contributed by atoms with Crippen molar-refractivity contribution in [2.24, 2.45) is 0 Å². The van der Waals surface area contributed by atoms with Crippen LogP contribution in [-0.2, 0) is 58.0 Å². The minimum Gasteiger partial charge on any atom is -0.461 e. The molecule has 10 aromatic rings. The molecule has 8 aliphatic heterocycles. The first kappa shape index (κ1) is 106. The Morgan fingerprint density at radius 1 is 0.278 bits per heavy atom. The number of allylic oxidation sites excluding steroid dienone is 8. The molecule has 0 fully saturated rings. The van der Waals surface area contributed by atoms with Gasteiger partial charge in [-0.3, -0.25) is 9.59 Å². The molecule has 12 nitrogen and oxygen atoms in total. The van der Waals surface area contributed by atoms with Gasteiger partial charge in [-0.05, 0) is 366 Å². The number of hydrogen-bond acceptors (Lipinski definition) is 8. The van der Waals surface area contributed by atoms with Gasteiger partial charge in [-0.25, -0.2) is 19.9 Å². The highest BCUT2D eigenvalue weighted by molar-refractivity contribution is 6.07. The van der Waals surface area contributed by atoms with Crippen LogP contribution in [0.1, 0.15) is 452 Å². The number of carbonyl (C=O) groups is 2. The predicted molar refractivity (Wildman–Crippen MR) is 611 cm³/mol. The number of esters is 2. The Morgan fingerprint density at radius 2 is 0.514 bits per heavy atom. The predicted octanol–water partition coefficient (Wildman–Crippen LogP) is 37.0. The van der Waals surface area contributed by atoms with Gasteiger partial charge in [0.1, 0.15) is 13.2 Å². The molecule has 0 saturated carbocycles. The highest BCUT2D eigenvalue weighted by atomic mass is 16.5. The standard InChI is InChI=1S/C132H164N8O4/c1-17-25-33-41-67-103-87(9)125-121-99-63-53-59-95(77-99)57-49-50-58-96-60-54-64-100(78-96)122-127-89(11)105(69-43-35-27-19-3)113(135-127)83-117-109(73-47-39-31-23-7)93(15)131(139-117)124(132-94(16)110(74-48-40-32-24-8)118(140-132)84-114-106(70-44-36-28-20-4)90(12)128(122)136-114)102-66-56-62-98(80-102)86-144-120(142)76-52-51-75-119(141)143-85-97-61-55-65-101(79-97)123(129-91(13)107(71-45-37-29-21-5)115(137-129)81-111(103)133-125)130-92(14)108(72-46-38-30-22-6)116(138-130)82-112-104(68-42-34-26-18-2)88(10)126(121)134-112/h53-56,59-66,77-84,133,135,138,140H,17-48,51-52,67-76,85-86H2,1-16H3. The fourth-order valence-electron chi connectivity index (χ4n) is 22.9. The lowest BCUT2D eigenvalue weighted by molar-refractivity contribution is -0.147. The number of nitrogens with zero attached hydrogens (tertiary/aromatic N) is 4. The Labute approximate surface area is 862 Å². The summed E-state index contributed by atoms with van der Waals surface area (Å²) in [6, 6.07) is 44.7. The topological polar surface area (TPSA) is 167 Å². The van der Waals surface area contributed by atoms with E-state index in [0.717, 1.165) is 362 Å². The molecule has 14 heterocycles. The Morgan fingerprint density at radius 3 is 0.764 bits per heavy atom. The molecule has 0 spiro atoms. The van der Waals surface area contributed by atoms with Crippen molar-refractivity contribution >= 4 is 101 Å². The summed E-state index contributed by atoms with van der Waals surface area (Å²) in [5, 5.41) is 0. The number of rotatable bonds is 40. The van der Waals surface area contributed by atoms with Crippen LogP contribution in [0.25, 0.3) is 133 Å². The van der Waals surface area contributed by atoms with E-state index < -0.39 is 0 Å². The summed E-state index contributed by atoms with van der Waals surface area (Å²) in [5.41, 5.74) is 48.2. The minimum atomic E-state index is -0.303. The lowest BCUT2D eigenvalue weighted by Gasteiger charge is -2.11. The summed E-state index contributed by atoms with van der Waals surface area (Å²) in [5.74, 6) is 13.6. The van der Waals surface area contributed by atoms with Gasteiger partial charge in [0.2, 0.25) is 0 Å². The Balaban J connectivity index is 0.997. The number of hydrogen-bond donors (Lipinski definition) is 4. The molecule has 18 rings (SSSR count). The van der Waals surface area contributed by atoms with Crippen molar-refractivity contribution in [3.8, 4) is 68.2 Å². The van der Waals surface area contributed by atoms with Crippen LogP contribution >= 0.6 is 0 Å². The molecule has 4 N–H and O–H groups in total. The molecule has 8 aliphatic rings. The number of H-pyrrole nitrogens is 4. The average molecular weight is 1930 g/mol. The second-order valence-electron chi connectivity index (χ2n) is 42.0. The van der Waals surface area contributed by atoms with Crippen molar-refractivity contribution in [1.82, 2.24) is 39.9 Å². The zero-order chi connectivity index (χ0) is 101. The number of aromatic nitrogens is 8. The van der Waals surface area contributed by atoms with E-state index in [9.17, 15) is 9.59 Å². The van der Waals surface area contributed by atoms with Gasteiger partial charge >= 0.3 is 11.9 Å². The second-order valence-corrected chi connectivity index (χ2v) is 42.0. The SMILES string of the molecule is CCCCCCC1=C(C)c2nc1cc1[nH]c(c(C)c1CCCCCC)c1c3nc(cc4[nH]c(c(C)c4CCCCCC)c2-c2cccc(c2)COC(=O)CCCCC(=O)OCc2cccc(c2)-c2c4nc(cc5[nH]c(c(C)c5CCCCCC)c(c5nc(cc6[nH]c2c(C)c6CCCCCC)C(CCCCCC)=C5C)-c2cccc(c2)C#CC#Cc2cccc-1c2)C(CCCCCC)=C4C)C(CCCCCC)=C3C. The van der Waals surface area contributed by atoms with Crippen LogP contribution in [0.4, 0.5) is 0 Å². The van der Waals surface area contributed by atoms with Crippen molar-refractivity contribution in [2.75, 3.05) is 0 Å². The molecular weight excluding hydrogens is 1760 g/mol. The van der Waals surface area contributed by atoms with Crippen molar-refractivity contribution in [3.63, 3.8) is 0 Å². The van der Waals surface area contributed by atoms with Gasteiger partial charge in [-0.1, -0.05) is 282 Å². The van der Waals surface area contributed by atoms with Crippen LogP contribution in [0.2, 0.25) is 0 Å². The minimum absolute atomic E-state index is 0.0907. The number of ether oxygens (including phenoxy) is 2. The Kier molecular flexibility index (Phi) is 38.6. The first-order valence-corrected chi connectivity index (χ1v) is 56.4. The van der Waals surface area contributed by atoms with E-state index in [0.29, 0.717) is 12.8 Å². The number of aromatic amines is 4. The molecule has 0 atom stereocenters. The zero-order valence-electron chi connectivity index (χ0n) is 90.5. The van der Waals surface area contributed by atoms with Crippen LogP contribution in [0.5, 0.6) is 0 Å². The number of benzene rings is 4. The molecule has 0 saturated heterocycles. The number of nitrogens with one attached hydrogen (secondary N) is 4. The third-order valence-corrected chi connectivity index (χ3v) is 31.4. The van der Waals surface area contributed by atoms with Crippen molar-refractivity contribution in [3.05, 3.63) is 234 Å². The molecule has 0 radical (unpaired) electrons. The highest BCUT2D eigenvalue weighted by Crippen LogP contribution is 2.50. The van der Waals surface area contributed by atoms with Gasteiger partial charge in [0.15, 0.2) is 0 Å². The van der Waals surface area contributed by atoms with Crippen LogP contribution in [-0.4, -0.2) is 51.8 Å². The fraction of sp³-hybridized carbons (Fsp3) is 0.470. The van der Waals surface area contributed by atoms with Gasteiger partial charge in [0, 0.05) is 68.3 Å². The lowest BCUT2D eigenvalue weighted by atomic mass is 9.93. The van der Waals surface area contributed by atoms with E-state index in [1.165, 1.54) is 140 Å². The molecule has 12 heteroatoms. The van der Waals surface area contributed by atoms with Gasteiger partial charge in [-0.2, -0.15) is 0 Å². The van der Waals surface area contributed by atoms with E-state index in [4.69, 9.17) is 29.4 Å². The molecule has 0 unspecified atom stereocenters. The van der Waals surface area contributed by atoms with E-state index in [1.807, 2.05) is 0 Å². The molecule has 144 heavy (non-hydrogen) atoms. The van der Waals surface area contributed by atoms with E-state index >= 15 is 0 Å².